The van der Waals surface area contributed by atoms with Crippen molar-refractivity contribution in [2.24, 2.45) is 0 Å². The van der Waals surface area contributed by atoms with Crippen LogP contribution in [0.3, 0.4) is 0 Å². The highest BCUT2D eigenvalue weighted by Gasteiger charge is 2.49. The van der Waals surface area contributed by atoms with E-state index < -0.39 is 122 Å². The van der Waals surface area contributed by atoms with Gasteiger partial charge in [-0.2, -0.15) is 0 Å². The van der Waals surface area contributed by atoms with Crippen molar-refractivity contribution in [1.29, 1.82) is 0 Å². The molecule has 0 aliphatic carbocycles. The molecule has 2 heterocycles. The first kappa shape index (κ1) is 32.3. The fraction of sp³-hybridized carbons (Fsp3) is 0.233. The molecule has 17 heteroatoms. The molecule has 1 aliphatic heterocycles. The van der Waals surface area contributed by atoms with E-state index >= 15 is 0 Å². The van der Waals surface area contributed by atoms with Crippen LogP contribution in [0.15, 0.2) is 45.6 Å². The molecule has 3 aromatic carbocycles. The van der Waals surface area contributed by atoms with Crippen LogP contribution < -0.4 is 10.2 Å². The summed E-state index contributed by atoms with van der Waals surface area (Å²) in [5, 5.41) is 90.6. The molecule has 1 fully saturated rings. The maximum Gasteiger partial charge on any atom is 0.339 e. The Kier molecular flexibility index (Phi) is 8.27. The van der Waals surface area contributed by atoms with Crippen LogP contribution in [0.25, 0.3) is 22.3 Å². The van der Waals surface area contributed by atoms with Gasteiger partial charge in [-0.3, -0.25) is 9.59 Å². The van der Waals surface area contributed by atoms with Crippen molar-refractivity contribution in [3.8, 4) is 63.1 Å². The molecule has 0 radical (unpaired) electrons. The second-order valence-electron chi connectivity index (χ2n) is 10.4. The van der Waals surface area contributed by atoms with Crippen molar-refractivity contribution < 1.29 is 78.9 Å². The summed E-state index contributed by atoms with van der Waals surface area (Å²) in [6.45, 7) is 2.38. The Morgan fingerprint density at radius 2 is 1.34 bits per heavy atom. The molecule has 47 heavy (non-hydrogen) atoms. The maximum absolute atomic E-state index is 13.8. The molecular formula is C30H26O17. The van der Waals surface area contributed by atoms with Gasteiger partial charge in [-0.05, 0) is 31.2 Å². The van der Waals surface area contributed by atoms with Gasteiger partial charge in [0, 0.05) is 24.6 Å². The second kappa shape index (κ2) is 12.0. The molecule has 5 rings (SSSR count). The number of esters is 2. The number of ether oxygens (including phenoxy) is 4. The minimum Gasteiger partial charge on any atom is -0.508 e. The Balaban J connectivity index is 1.66. The molecule has 9 N–H and O–H groups in total. The summed E-state index contributed by atoms with van der Waals surface area (Å²) in [7, 11) is 0. The molecule has 1 aromatic heterocycles. The summed E-state index contributed by atoms with van der Waals surface area (Å²) in [6.07, 6.45) is -8.50. The van der Waals surface area contributed by atoms with Crippen molar-refractivity contribution in [1.82, 2.24) is 0 Å². The van der Waals surface area contributed by atoms with Gasteiger partial charge in [0.15, 0.2) is 52.5 Å². The van der Waals surface area contributed by atoms with E-state index in [0.29, 0.717) is 0 Å². The van der Waals surface area contributed by atoms with Crippen LogP contribution in [0.5, 0.6) is 51.7 Å². The molecule has 1 saturated heterocycles. The van der Waals surface area contributed by atoms with Crippen molar-refractivity contribution in [2.45, 2.75) is 44.6 Å². The highest BCUT2D eigenvalue weighted by molar-refractivity contribution is 5.91. The van der Waals surface area contributed by atoms with E-state index in [-0.39, 0.29) is 5.56 Å². The van der Waals surface area contributed by atoms with Crippen LogP contribution in [-0.4, -0.2) is 88.6 Å². The molecule has 0 spiro atoms. The molecule has 0 bridgehead atoms. The number of hydrogen-bond acceptors (Lipinski definition) is 17. The summed E-state index contributed by atoms with van der Waals surface area (Å²) in [5.74, 6) is -10.2. The lowest BCUT2D eigenvalue weighted by Gasteiger charge is -2.42. The van der Waals surface area contributed by atoms with Crippen LogP contribution in [0.1, 0.15) is 24.2 Å². The van der Waals surface area contributed by atoms with Crippen molar-refractivity contribution >= 4 is 22.9 Å². The number of carbonyl (C=O) groups is 2. The summed E-state index contributed by atoms with van der Waals surface area (Å²) in [6, 6.07) is 4.98. The van der Waals surface area contributed by atoms with Crippen molar-refractivity contribution in [3.63, 3.8) is 0 Å². The topological polar surface area (TPSA) is 283 Å². The van der Waals surface area contributed by atoms with Gasteiger partial charge in [0.05, 0.1) is 11.7 Å². The number of aliphatic hydroxyl groups excluding tert-OH is 1. The number of rotatable bonds is 6. The molecule has 0 amide bonds. The SMILES string of the molecule is CC(=O)O[C@@H]1[C@H](O)[C@@H](OC(=O)c2cc(O)c(O)c(O)c2)[C@@H](Oc2c(-c3cc(O)c(O)c(O)c3)oc3cc(O)cc(O)c3c2=O)O[C@@H]1C. The van der Waals surface area contributed by atoms with Crippen molar-refractivity contribution in [3.05, 3.63) is 52.2 Å². The normalized spacial score (nSPS) is 20.9. The summed E-state index contributed by atoms with van der Waals surface area (Å²) in [5.41, 5.74) is -2.35. The average molecular weight is 659 g/mol. The Morgan fingerprint density at radius 1 is 0.766 bits per heavy atom. The number of benzene rings is 3. The van der Waals surface area contributed by atoms with Crippen LogP contribution in [0, 0.1) is 0 Å². The number of hydrogen-bond donors (Lipinski definition) is 9. The smallest absolute Gasteiger partial charge is 0.339 e. The van der Waals surface area contributed by atoms with E-state index in [0.717, 1.165) is 43.3 Å². The van der Waals surface area contributed by atoms with E-state index in [2.05, 4.69) is 0 Å². The number of carbonyl (C=O) groups excluding carboxylic acids is 2. The predicted octanol–water partition coefficient (Wildman–Crippen LogP) is 1.75. The summed E-state index contributed by atoms with van der Waals surface area (Å²) >= 11 is 0. The van der Waals surface area contributed by atoms with Gasteiger partial charge in [-0.1, -0.05) is 0 Å². The van der Waals surface area contributed by atoms with Gasteiger partial charge in [0.25, 0.3) is 0 Å². The van der Waals surface area contributed by atoms with E-state index in [4.69, 9.17) is 23.4 Å². The number of phenolic OH excluding ortho intramolecular Hbond substituents is 8. The second-order valence-corrected chi connectivity index (χ2v) is 10.4. The van der Waals surface area contributed by atoms with Crippen molar-refractivity contribution in [2.75, 3.05) is 0 Å². The van der Waals surface area contributed by atoms with Gasteiger partial charge >= 0.3 is 11.9 Å². The van der Waals surface area contributed by atoms with E-state index in [1.165, 1.54) is 6.92 Å². The van der Waals surface area contributed by atoms with Gasteiger partial charge in [0.2, 0.25) is 17.5 Å². The number of phenols is 8. The molecule has 1 aliphatic rings. The molecule has 248 valence electrons. The minimum absolute atomic E-state index is 0.291. The monoisotopic (exact) mass is 658 g/mol. The van der Waals surface area contributed by atoms with Crippen LogP contribution in [0.2, 0.25) is 0 Å². The predicted molar refractivity (Wildman–Crippen MR) is 153 cm³/mol. The van der Waals surface area contributed by atoms with Gasteiger partial charge in [0.1, 0.15) is 28.6 Å². The lowest BCUT2D eigenvalue weighted by Crippen LogP contribution is -2.61. The quantitative estimate of drug-likeness (QED) is 0.105. The van der Waals surface area contributed by atoms with Crippen LogP contribution >= 0.6 is 0 Å². The molecule has 17 nitrogen and oxygen atoms in total. The average Bonchev–Trinajstić information content (AvgIpc) is 2.98. The Labute approximate surface area is 261 Å². The largest absolute Gasteiger partial charge is 0.508 e. The number of aromatic hydroxyl groups is 8. The third-order valence-electron chi connectivity index (χ3n) is 7.09. The summed E-state index contributed by atoms with van der Waals surface area (Å²) in [4.78, 5) is 38.7. The Morgan fingerprint density at radius 3 is 1.91 bits per heavy atom. The first-order valence-electron chi connectivity index (χ1n) is 13.5. The van der Waals surface area contributed by atoms with Crippen LogP contribution in [0.4, 0.5) is 0 Å². The zero-order chi connectivity index (χ0) is 34.5. The molecule has 0 unspecified atom stereocenters. The van der Waals surface area contributed by atoms with Gasteiger partial charge in [-0.25, -0.2) is 4.79 Å². The molecule has 4 aromatic rings. The molecule has 5 atom stereocenters. The zero-order valence-corrected chi connectivity index (χ0v) is 24.1. The Hall–Kier alpha value is -6.07. The number of aliphatic hydroxyl groups is 1. The van der Waals surface area contributed by atoms with Gasteiger partial charge in [-0.15, -0.1) is 0 Å². The third kappa shape index (κ3) is 5.99. The first-order chi connectivity index (χ1) is 22.1. The fourth-order valence-electron chi connectivity index (χ4n) is 4.90. The third-order valence-corrected chi connectivity index (χ3v) is 7.09. The summed E-state index contributed by atoms with van der Waals surface area (Å²) < 4.78 is 27.9. The van der Waals surface area contributed by atoms with Crippen LogP contribution in [-0.2, 0) is 19.0 Å². The maximum atomic E-state index is 13.8. The highest BCUT2D eigenvalue weighted by atomic mass is 16.7. The highest BCUT2D eigenvalue weighted by Crippen LogP contribution is 2.43. The van der Waals surface area contributed by atoms with E-state index in [1.54, 1.807) is 0 Å². The lowest BCUT2D eigenvalue weighted by atomic mass is 9.99. The number of fused-ring (bicyclic) bond motifs is 1. The van der Waals surface area contributed by atoms with Gasteiger partial charge < -0.3 is 69.3 Å². The molecule has 0 saturated carbocycles. The first-order valence-corrected chi connectivity index (χ1v) is 13.5. The fourth-order valence-corrected chi connectivity index (χ4v) is 4.90. The Bertz CT molecular complexity index is 1920. The van der Waals surface area contributed by atoms with E-state index in [1.807, 2.05) is 0 Å². The minimum atomic E-state index is -1.96. The molecular weight excluding hydrogens is 632 g/mol. The van der Waals surface area contributed by atoms with E-state index in [9.17, 15) is 60.3 Å². The zero-order valence-electron chi connectivity index (χ0n) is 24.1. The lowest BCUT2D eigenvalue weighted by molar-refractivity contribution is -0.271. The standard InChI is InChI=1S/C30H26O17/c1-9-25(44-10(2)31)24(41)28(46-29(42)12-5-17(36)22(39)18(37)6-12)30(43-9)47-27-23(40)20-14(33)7-13(32)8-19(20)45-26(27)11-3-15(34)21(38)16(35)4-11/h3-9,24-25,28,30,32-39,41H,1-2H3/t9-,24+,25+,28-,30-/m1/s1.